The van der Waals surface area contributed by atoms with Gasteiger partial charge in [-0.15, -0.1) is 0 Å². The van der Waals surface area contributed by atoms with Crippen LogP contribution in [0, 0.1) is 0 Å². The van der Waals surface area contributed by atoms with Gasteiger partial charge in [0.1, 0.15) is 23.5 Å². The molecule has 0 unspecified atom stereocenters. The number of anilines is 2. The lowest BCUT2D eigenvalue weighted by Crippen LogP contribution is -2.07. The number of imidazole rings is 1. The van der Waals surface area contributed by atoms with Gasteiger partial charge in [0.15, 0.2) is 11.5 Å². The van der Waals surface area contributed by atoms with Crippen LogP contribution in [0.4, 0.5) is 11.6 Å². The Hall–Kier alpha value is -2.97. The smallest absolute Gasteiger partial charge is 0.252 e. The molecule has 0 radical (unpaired) electrons. The topological polar surface area (TPSA) is 112 Å². The summed E-state index contributed by atoms with van der Waals surface area (Å²) in [5.74, 6) is 1.23. The number of H-pyrrole nitrogens is 2. The Labute approximate surface area is 150 Å². The summed E-state index contributed by atoms with van der Waals surface area (Å²) in [7, 11) is 0. The number of aromatic amines is 2. The number of hydrogen-bond donors (Lipinski definition) is 3. The Morgan fingerprint density at radius 2 is 1.88 bits per heavy atom. The minimum absolute atomic E-state index is 0.282. The third-order valence-corrected chi connectivity index (χ3v) is 4.04. The molecule has 0 fully saturated rings. The van der Waals surface area contributed by atoms with Crippen LogP contribution in [-0.2, 0) is 0 Å². The number of fused-ring (bicyclic) bond motifs is 1. The first kappa shape index (κ1) is 15.6. The number of rotatable bonds is 3. The number of hydrogen-bond acceptors (Lipinski definition) is 6. The lowest BCUT2D eigenvalue weighted by atomic mass is 10.2. The van der Waals surface area contributed by atoms with Gasteiger partial charge >= 0.3 is 0 Å². The van der Waals surface area contributed by atoms with E-state index >= 15 is 0 Å². The van der Waals surface area contributed by atoms with Crippen molar-refractivity contribution in [3.05, 3.63) is 57.3 Å². The van der Waals surface area contributed by atoms with Gasteiger partial charge in [-0.2, -0.15) is 0 Å². The van der Waals surface area contributed by atoms with Crippen molar-refractivity contribution in [2.75, 3.05) is 5.32 Å². The van der Waals surface area contributed by atoms with Crippen molar-refractivity contribution in [1.82, 2.24) is 29.9 Å². The van der Waals surface area contributed by atoms with E-state index in [-0.39, 0.29) is 5.56 Å². The van der Waals surface area contributed by atoms with E-state index in [2.05, 4.69) is 35.2 Å². The highest BCUT2D eigenvalue weighted by Gasteiger charge is 2.16. The van der Waals surface area contributed by atoms with Crippen molar-refractivity contribution in [1.29, 1.82) is 0 Å². The summed E-state index contributed by atoms with van der Waals surface area (Å²) in [6.07, 6.45) is 2.65. The molecule has 3 N–H and O–H groups in total. The van der Waals surface area contributed by atoms with Crippen LogP contribution in [0.25, 0.3) is 22.6 Å². The maximum absolute atomic E-state index is 11.4. The van der Waals surface area contributed by atoms with Gasteiger partial charge < -0.3 is 15.3 Å². The van der Waals surface area contributed by atoms with Gasteiger partial charge in [0.2, 0.25) is 0 Å². The van der Waals surface area contributed by atoms with Crippen LogP contribution in [-0.4, -0.2) is 29.9 Å². The molecule has 1 aromatic carbocycles. The van der Waals surface area contributed by atoms with E-state index in [9.17, 15) is 4.79 Å². The van der Waals surface area contributed by atoms with Crippen LogP contribution >= 0.6 is 23.2 Å². The second-order valence-electron chi connectivity index (χ2n) is 5.02. The van der Waals surface area contributed by atoms with Gasteiger partial charge in [0, 0.05) is 6.07 Å². The van der Waals surface area contributed by atoms with Gasteiger partial charge in [0.05, 0.1) is 21.9 Å². The summed E-state index contributed by atoms with van der Waals surface area (Å²) in [4.78, 5) is 33.7. The largest absolute Gasteiger partial charge is 0.333 e. The number of benzene rings is 1. The molecule has 0 amide bonds. The minimum atomic E-state index is -0.282. The van der Waals surface area contributed by atoms with Crippen molar-refractivity contribution in [3.8, 4) is 11.4 Å². The molecule has 4 aromatic rings. The first-order chi connectivity index (χ1) is 12.1. The molecule has 0 atom stereocenters. The summed E-state index contributed by atoms with van der Waals surface area (Å²) in [6.45, 7) is 0. The van der Waals surface area contributed by atoms with Crippen LogP contribution in [0.3, 0.4) is 0 Å². The molecule has 0 spiro atoms. The van der Waals surface area contributed by atoms with Gasteiger partial charge in [-0.25, -0.2) is 19.9 Å². The first-order valence-corrected chi connectivity index (χ1v) is 7.84. The quantitative estimate of drug-likeness (QED) is 0.508. The van der Waals surface area contributed by atoms with E-state index in [4.69, 9.17) is 23.2 Å². The molecule has 0 aliphatic carbocycles. The lowest BCUT2D eigenvalue weighted by Gasteiger charge is -2.04. The van der Waals surface area contributed by atoms with Gasteiger partial charge in [-0.05, 0) is 12.1 Å². The number of aromatic nitrogens is 6. The molecule has 0 aliphatic rings. The Kier molecular flexibility index (Phi) is 3.83. The van der Waals surface area contributed by atoms with Crippen molar-refractivity contribution >= 4 is 46.0 Å². The van der Waals surface area contributed by atoms with E-state index in [0.717, 1.165) is 0 Å². The number of nitrogens with one attached hydrogen (secondary N) is 3. The Morgan fingerprint density at radius 1 is 1.08 bits per heavy atom. The molecular formula is C15H9Cl2N7O. The normalized spacial score (nSPS) is 11.0. The van der Waals surface area contributed by atoms with Crippen LogP contribution in [0.1, 0.15) is 0 Å². The molecule has 0 saturated heterocycles. The highest BCUT2D eigenvalue weighted by atomic mass is 35.5. The highest BCUT2D eigenvalue weighted by molar-refractivity contribution is 6.39. The molecule has 8 nitrogen and oxygen atoms in total. The van der Waals surface area contributed by atoms with Crippen molar-refractivity contribution in [2.24, 2.45) is 0 Å². The van der Waals surface area contributed by atoms with Gasteiger partial charge in [-0.3, -0.25) is 4.79 Å². The van der Waals surface area contributed by atoms with Crippen LogP contribution in [0.5, 0.6) is 0 Å². The average molecular weight is 374 g/mol. The van der Waals surface area contributed by atoms with Crippen molar-refractivity contribution in [3.63, 3.8) is 0 Å². The third kappa shape index (κ3) is 2.92. The predicted octanol–water partition coefficient (Wildman–Crippen LogP) is 3.15. The fraction of sp³-hybridized carbons (Fsp3) is 0. The molecule has 0 bridgehead atoms. The summed E-state index contributed by atoms with van der Waals surface area (Å²) in [5, 5.41) is 3.89. The minimum Gasteiger partial charge on any atom is -0.333 e. The van der Waals surface area contributed by atoms with Crippen LogP contribution < -0.4 is 10.9 Å². The maximum Gasteiger partial charge on any atom is 0.252 e. The van der Waals surface area contributed by atoms with Gasteiger partial charge in [-0.1, -0.05) is 29.3 Å². The van der Waals surface area contributed by atoms with E-state index in [1.807, 2.05) is 0 Å². The second-order valence-corrected chi connectivity index (χ2v) is 5.84. The maximum atomic E-state index is 11.4. The summed E-state index contributed by atoms with van der Waals surface area (Å²) in [5.41, 5.74) is 1.25. The number of nitrogens with zero attached hydrogens (tertiary/aromatic N) is 4. The standard InChI is InChI=1S/C15H9Cl2N7O/c16-7-2-1-3-8(17)11(7)13-23-12-14(20-6-21-15(12)24-13)22-9-4-10(25)19-5-18-9/h1-6H,(H3,18,19,20,21,22,23,24,25). The molecule has 25 heavy (non-hydrogen) atoms. The zero-order valence-corrected chi connectivity index (χ0v) is 13.9. The third-order valence-electron chi connectivity index (χ3n) is 3.41. The molecular weight excluding hydrogens is 365 g/mol. The predicted molar refractivity (Wildman–Crippen MR) is 95.3 cm³/mol. The Bertz CT molecular complexity index is 1120. The molecule has 10 heteroatoms. The highest BCUT2D eigenvalue weighted by Crippen LogP contribution is 2.34. The molecule has 0 saturated carbocycles. The molecule has 124 valence electrons. The van der Waals surface area contributed by atoms with E-state index in [1.54, 1.807) is 18.2 Å². The van der Waals surface area contributed by atoms with Gasteiger partial charge in [0.25, 0.3) is 5.56 Å². The average Bonchev–Trinajstić information content (AvgIpc) is 2.99. The Morgan fingerprint density at radius 3 is 2.64 bits per heavy atom. The zero-order chi connectivity index (χ0) is 17.4. The molecule has 3 aromatic heterocycles. The lowest BCUT2D eigenvalue weighted by molar-refractivity contribution is 1.11. The Balaban J connectivity index is 1.83. The fourth-order valence-electron chi connectivity index (χ4n) is 2.32. The summed E-state index contributed by atoms with van der Waals surface area (Å²) >= 11 is 12.5. The molecule has 0 aliphatic heterocycles. The fourth-order valence-corrected chi connectivity index (χ4v) is 2.90. The van der Waals surface area contributed by atoms with Crippen LogP contribution in [0.2, 0.25) is 10.0 Å². The first-order valence-electron chi connectivity index (χ1n) is 7.08. The second kappa shape index (κ2) is 6.15. The monoisotopic (exact) mass is 373 g/mol. The SMILES string of the molecule is O=c1cc(Nc2ncnc3nc(-c4c(Cl)cccc4Cl)[nH]c23)nc[nH]1. The van der Waals surface area contributed by atoms with E-state index in [0.29, 0.717) is 44.2 Å². The molecule has 3 heterocycles. The van der Waals surface area contributed by atoms with Crippen LogP contribution in [0.15, 0.2) is 41.7 Å². The van der Waals surface area contributed by atoms with E-state index < -0.39 is 0 Å². The zero-order valence-electron chi connectivity index (χ0n) is 12.4. The van der Waals surface area contributed by atoms with E-state index in [1.165, 1.54) is 18.7 Å². The van der Waals surface area contributed by atoms with Crippen molar-refractivity contribution < 1.29 is 0 Å². The summed E-state index contributed by atoms with van der Waals surface area (Å²) in [6, 6.07) is 6.51. The molecule has 4 rings (SSSR count). The van der Waals surface area contributed by atoms with Crippen molar-refractivity contribution in [2.45, 2.75) is 0 Å². The summed E-state index contributed by atoms with van der Waals surface area (Å²) < 4.78 is 0. The number of halogens is 2.